The van der Waals surface area contributed by atoms with E-state index in [0.717, 1.165) is 13.8 Å². The molecule has 8 heteroatoms. The molecule has 0 N–H and O–H groups in total. The molecule has 0 amide bonds. The highest BCUT2D eigenvalue weighted by atomic mass is 127. The van der Waals surface area contributed by atoms with Crippen LogP contribution in [0.25, 0.3) is 0 Å². The Hall–Kier alpha value is 0.240. The lowest BCUT2D eigenvalue weighted by Gasteiger charge is -2.34. The lowest BCUT2D eigenvalue weighted by atomic mass is 9.93. The highest BCUT2D eigenvalue weighted by Gasteiger charge is 2.73. The Kier molecular flexibility index (Phi) is 3.98. The molecule has 0 nitrogen and oxygen atoms in total. The Morgan fingerprint density at radius 1 is 0.800 bits per heavy atom. The maximum Gasteiger partial charge on any atom is 0.431 e. The zero-order valence-corrected chi connectivity index (χ0v) is 9.89. The van der Waals surface area contributed by atoms with Crippen LogP contribution in [-0.4, -0.2) is 21.4 Å². The largest absolute Gasteiger partial charge is 0.431 e. The van der Waals surface area contributed by atoms with E-state index < -0.39 is 27.9 Å². The van der Waals surface area contributed by atoms with Crippen LogP contribution >= 0.6 is 22.6 Å². The van der Waals surface area contributed by atoms with Gasteiger partial charge >= 0.3 is 12.4 Å². The summed E-state index contributed by atoms with van der Waals surface area (Å²) in [6, 6.07) is 0. The van der Waals surface area contributed by atoms with Crippen LogP contribution in [0, 0.1) is 0 Å². The Balaban J connectivity index is 5.26. The molecule has 0 saturated heterocycles. The fraction of sp³-hybridized carbons (Fsp3) is 1.00. The molecule has 0 radical (unpaired) electrons. The maximum atomic E-state index is 13.0. The summed E-state index contributed by atoms with van der Waals surface area (Å²) in [5.74, 6) is 0. The average molecular weight is 352 g/mol. The van der Waals surface area contributed by atoms with E-state index in [4.69, 9.17) is 0 Å². The van der Waals surface area contributed by atoms with Crippen LogP contribution in [0.1, 0.15) is 20.3 Å². The van der Waals surface area contributed by atoms with E-state index >= 15 is 0 Å². The second-order valence-corrected chi connectivity index (χ2v) is 6.61. The summed E-state index contributed by atoms with van der Waals surface area (Å²) in [5.41, 5.74) is -5.15. The second kappa shape index (κ2) is 3.92. The average Bonchev–Trinajstić information content (AvgIpc) is 1.77. The van der Waals surface area contributed by atoms with Gasteiger partial charge in [-0.25, -0.2) is 4.39 Å². The molecule has 0 aliphatic carbocycles. The summed E-state index contributed by atoms with van der Waals surface area (Å²) >= 11 is 1.34. The lowest BCUT2D eigenvalue weighted by Crippen LogP contribution is -2.55. The van der Waals surface area contributed by atoms with Crippen molar-refractivity contribution in [2.45, 2.75) is 41.7 Å². The molecule has 0 aromatic rings. The molecule has 0 aliphatic rings. The van der Waals surface area contributed by atoms with Gasteiger partial charge in [-0.3, -0.25) is 0 Å². The summed E-state index contributed by atoms with van der Waals surface area (Å²) in [5, 5.41) is 0. The van der Waals surface area contributed by atoms with Crippen molar-refractivity contribution in [3.05, 3.63) is 0 Å². The van der Waals surface area contributed by atoms with E-state index in [-0.39, 0.29) is 0 Å². The van der Waals surface area contributed by atoms with Gasteiger partial charge in [-0.05, 0) is 0 Å². The maximum absolute atomic E-state index is 13.0. The van der Waals surface area contributed by atoms with Crippen LogP contribution < -0.4 is 0 Å². The molecule has 0 atom stereocenters. The van der Waals surface area contributed by atoms with Crippen molar-refractivity contribution in [3.8, 4) is 0 Å². The van der Waals surface area contributed by atoms with Crippen LogP contribution in [0.2, 0.25) is 0 Å². The highest BCUT2D eigenvalue weighted by Crippen LogP contribution is 2.51. The zero-order valence-electron chi connectivity index (χ0n) is 7.73. The van der Waals surface area contributed by atoms with Gasteiger partial charge in [0.15, 0.2) is 0 Å². The van der Waals surface area contributed by atoms with Crippen molar-refractivity contribution in [1.29, 1.82) is 0 Å². The van der Waals surface area contributed by atoms with Crippen LogP contribution in [-0.2, 0) is 0 Å². The Labute approximate surface area is 95.3 Å². The molecule has 0 spiro atoms. The normalized spacial score (nSPS) is 15.6. The predicted octanol–water partition coefficient (Wildman–Crippen LogP) is 4.42. The summed E-state index contributed by atoms with van der Waals surface area (Å²) in [6.45, 7) is 2.19. The Bertz CT molecular complexity index is 207. The van der Waals surface area contributed by atoms with E-state index in [2.05, 4.69) is 0 Å². The summed E-state index contributed by atoms with van der Waals surface area (Å²) in [7, 11) is 0. The van der Waals surface area contributed by atoms with E-state index in [1.165, 1.54) is 22.6 Å². The standard InChI is InChI=1S/C7H8F7I/c1-4(2,15)3-5(8,6(9,10)11)7(12,13)14/h3H2,1-2H3. The molecule has 15 heavy (non-hydrogen) atoms. The molecular formula is C7H8F7I. The number of hydrogen-bond acceptors (Lipinski definition) is 0. The quantitative estimate of drug-likeness (QED) is 0.392. The number of rotatable bonds is 2. The van der Waals surface area contributed by atoms with Crippen molar-refractivity contribution in [2.24, 2.45) is 0 Å². The first-order valence-electron chi connectivity index (χ1n) is 3.72. The third kappa shape index (κ3) is 3.63. The number of halogens is 8. The third-order valence-electron chi connectivity index (χ3n) is 1.56. The smallest absolute Gasteiger partial charge is 0.224 e. The minimum Gasteiger partial charge on any atom is -0.224 e. The molecule has 0 aliphatic heterocycles. The molecule has 0 aromatic heterocycles. The van der Waals surface area contributed by atoms with Crippen molar-refractivity contribution in [3.63, 3.8) is 0 Å². The van der Waals surface area contributed by atoms with Gasteiger partial charge in [0.2, 0.25) is 0 Å². The fourth-order valence-corrected chi connectivity index (χ4v) is 1.47. The van der Waals surface area contributed by atoms with E-state index in [0.29, 0.717) is 0 Å². The Morgan fingerprint density at radius 3 is 1.13 bits per heavy atom. The fourth-order valence-electron chi connectivity index (χ4n) is 0.940. The molecule has 0 saturated carbocycles. The van der Waals surface area contributed by atoms with Crippen LogP contribution in [0.3, 0.4) is 0 Å². The molecule has 0 fully saturated rings. The highest BCUT2D eigenvalue weighted by molar-refractivity contribution is 14.1. The van der Waals surface area contributed by atoms with Gasteiger partial charge in [-0.1, -0.05) is 36.4 Å². The SMILES string of the molecule is CC(C)(I)CC(F)(C(F)(F)F)C(F)(F)F. The van der Waals surface area contributed by atoms with Crippen LogP contribution in [0.4, 0.5) is 30.7 Å². The van der Waals surface area contributed by atoms with Gasteiger partial charge in [-0.2, -0.15) is 26.3 Å². The third-order valence-corrected chi connectivity index (χ3v) is 1.94. The van der Waals surface area contributed by atoms with Gasteiger partial charge in [0.1, 0.15) is 0 Å². The number of hydrogen-bond donors (Lipinski definition) is 0. The number of alkyl halides is 8. The van der Waals surface area contributed by atoms with E-state index in [9.17, 15) is 30.7 Å². The van der Waals surface area contributed by atoms with Crippen molar-refractivity contribution in [1.82, 2.24) is 0 Å². The van der Waals surface area contributed by atoms with Crippen molar-refractivity contribution < 1.29 is 30.7 Å². The first kappa shape index (κ1) is 15.2. The van der Waals surface area contributed by atoms with Gasteiger partial charge in [0, 0.05) is 9.84 Å². The van der Waals surface area contributed by atoms with Crippen molar-refractivity contribution >= 4 is 22.6 Å². The first-order valence-corrected chi connectivity index (χ1v) is 4.80. The van der Waals surface area contributed by atoms with Gasteiger partial charge < -0.3 is 0 Å². The summed E-state index contributed by atoms with van der Waals surface area (Å²) in [6.07, 6.45) is -13.6. The van der Waals surface area contributed by atoms with Crippen LogP contribution in [0.15, 0.2) is 0 Å². The second-order valence-electron chi connectivity index (χ2n) is 3.69. The first-order chi connectivity index (χ1) is 6.21. The molecule has 92 valence electrons. The summed E-state index contributed by atoms with van der Waals surface area (Å²) < 4.78 is 83.8. The van der Waals surface area contributed by atoms with E-state index in [1.54, 1.807) is 0 Å². The molecule has 0 unspecified atom stereocenters. The minimum absolute atomic E-state index is 1.10. The van der Waals surface area contributed by atoms with E-state index in [1.807, 2.05) is 0 Å². The monoisotopic (exact) mass is 352 g/mol. The topological polar surface area (TPSA) is 0 Å². The molecule has 0 rings (SSSR count). The predicted molar refractivity (Wildman–Crippen MR) is 48.7 cm³/mol. The Morgan fingerprint density at radius 2 is 1.07 bits per heavy atom. The van der Waals surface area contributed by atoms with Gasteiger partial charge in [0.25, 0.3) is 5.67 Å². The molecule has 0 aromatic carbocycles. The zero-order chi connectivity index (χ0) is 12.7. The van der Waals surface area contributed by atoms with Gasteiger partial charge in [-0.15, -0.1) is 0 Å². The summed E-state index contributed by atoms with van der Waals surface area (Å²) in [4.78, 5) is 0. The lowest BCUT2D eigenvalue weighted by molar-refractivity contribution is -0.344. The minimum atomic E-state index is -5.95. The van der Waals surface area contributed by atoms with Crippen LogP contribution in [0.5, 0.6) is 0 Å². The molecule has 0 bridgehead atoms. The van der Waals surface area contributed by atoms with Gasteiger partial charge in [0.05, 0.1) is 0 Å². The van der Waals surface area contributed by atoms with Crippen molar-refractivity contribution in [2.75, 3.05) is 0 Å². The molecular weight excluding hydrogens is 344 g/mol. The molecule has 0 heterocycles.